The number of rotatable bonds is 10. The molecule has 1 aliphatic heterocycles. The van der Waals surface area contributed by atoms with Crippen molar-refractivity contribution in [2.24, 2.45) is 0 Å². The van der Waals surface area contributed by atoms with Crippen molar-refractivity contribution in [2.75, 3.05) is 30.9 Å². The molecule has 1 fully saturated rings. The van der Waals surface area contributed by atoms with E-state index in [2.05, 4.69) is 10.0 Å². The lowest BCUT2D eigenvalue weighted by atomic mass is 10.0. The highest BCUT2D eigenvalue weighted by Crippen LogP contribution is 2.28. The van der Waals surface area contributed by atoms with Crippen molar-refractivity contribution in [3.8, 4) is 10.6 Å². The molecular weight excluding hydrogens is 514 g/mol. The molecule has 2 aromatic carbocycles. The van der Waals surface area contributed by atoms with Crippen LogP contribution < -0.4 is 10.0 Å². The summed E-state index contributed by atoms with van der Waals surface area (Å²) in [5.41, 5.74) is 3.00. The number of likely N-dealkylation sites (N-methyl/N-ethyl adjacent to an activating group) is 1. The Hall–Kier alpha value is -3.61. The number of thiazole rings is 1. The standard InChI is InChI=1S/C25H27N5O5S2/c1-2-29-12-13-30(25(33)24(29)32)15-22(31)26-20(14-17-8-10-19(11-9-17)28-37(34)35)21-16-36-23(27-21)18-6-4-3-5-7-18/h3-11,16,20,28H,2,12-15H2,1H3,(H,26,31)(H,34,35)/t20-/m0/s1. The second kappa shape index (κ2) is 12.1. The number of anilines is 1. The molecule has 2 atom stereocenters. The lowest BCUT2D eigenvalue weighted by Gasteiger charge is -2.33. The first-order chi connectivity index (χ1) is 17.8. The van der Waals surface area contributed by atoms with E-state index < -0.39 is 29.1 Å². The highest BCUT2D eigenvalue weighted by atomic mass is 32.2. The maximum Gasteiger partial charge on any atom is 0.312 e. The van der Waals surface area contributed by atoms with Crippen molar-refractivity contribution >= 4 is 46.0 Å². The van der Waals surface area contributed by atoms with Crippen LogP contribution in [0.2, 0.25) is 0 Å². The lowest BCUT2D eigenvalue weighted by Crippen LogP contribution is -2.56. The summed E-state index contributed by atoms with van der Waals surface area (Å²) in [5.74, 6) is -1.66. The van der Waals surface area contributed by atoms with Crippen LogP contribution in [0, 0.1) is 0 Å². The molecule has 3 aromatic rings. The van der Waals surface area contributed by atoms with Gasteiger partial charge in [0.25, 0.3) is 11.3 Å². The normalized spacial score (nSPS) is 15.4. The molecule has 4 rings (SSSR count). The average Bonchev–Trinajstić information content (AvgIpc) is 3.38. The van der Waals surface area contributed by atoms with Crippen molar-refractivity contribution in [1.29, 1.82) is 0 Å². The fourth-order valence-corrected chi connectivity index (χ4v) is 5.23. The summed E-state index contributed by atoms with van der Waals surface area (Å²) in [7, 11) is 0. The quantitative estimate of drug-likeness (QED) is 0.267. The molecule has 37 heavy (non-hydrogen) atoms. The van der Waals surface area contributed by atoms with Gasteiger partial charge in [0, 0.05) is 36.3 Å². The zero-order chi connectivity index (χ0) is 26.4. The number of carbonyl (C=O) groups is 3. The van der Waals surface area contributed by atoms with Gasteiger partial charge in [0.05, 0.1) is 11.7 Å². The number of aromatic nitrogens is 1. The van der Waals surface area contributed by atoms with Crippen LogP contribution in [0.1, 0.15) is 24.2 Å². The largest absolute Gasteiger partial charge is 0.346 e. The van der Waals surface area contributed by atoms with Crippen LogP contribution in [-0.4, -0.2) is 67.4 Å². The second-order valence-corrected chi connectivity index (χ2v) is 9.99. The van der Waals surface area contributed by atoms with Gasteiger partial charge in [-0.05, 0) is 31.0 Å². The molecule has 2 heterocycles. The monoisotopic (exact) mass is 541 g/mol. The fourth-order valence-electron chi connectivity index (χ4n) is 4.02. The maximum atomic E-state index is 13.0. The number of amides is 3. The molecule has 0 bridgehead atoms. The van der Waals surface area contributed by atoms with Gasteiger partial charge < -0.3 is 15.1 Å². The Labute approximate surface area is 221 Å². The predicted molar refractivity (Wildman–Crippen MR) is 142 cm³/mol. The summed E-state index contributed by atoms with van der Waals surface area (Å²) in [4.78, 5) is 45.2. The van der Waals surface area contributed by atoms with E-state index in [9.17, 15) is 18.6 Å². The smallest absolute Gasteiger partial charge is 0.312 e. The number of benzene rings is 2. The summed E-state index contributed by atoms with van der Waals surface area (Å²) in [6.07, 6.45) is 0.405. The molecule has 3 N–H and O–H groups in total. The molecule has 0 saturated carbocycles. The summed E-state index contributed by atoms with van der Waals surface area (Å²) < 4.78 is 22.4. The Morgan fingerprint density at radius 1 is 1.08 bits per heavy atom. The van der Waals surface area contributed by atoms with E-state index in [0.717, 1.165) is 16.1 Å². The van der Waals surface area contributed by atoms with Gasteiger partial charge in [0.2, 0.25) is 5.91 Å². The van der Waals surface area contributed by atoms with E-state index in [1.165, 1.54) is 21.1 Å². The van der Waals surface area contributed by atoms with Crippen molar-refractivity contribution in [1.82, 2.24) is 20.1 Å². The van der Waals surface area contributed by atoms with Crippen molar-refractivity contribution in [3.63, 3.8) is 0 Å². The first kappa shape index (κ1) is 26.5. The van der Waals surface area contributed by atoms with Crippen molar-refractivity contribution in [3.05, 3.63) is 71.2 Å². The van der Waals surface area contributed by atoms with Gasteiger partial charge in [0.15, 0.2) is 0 Å². The van der Waals surface area contributed by atoms with Gasteiger partial charge in [-0.2, -0.15) is 0 Å². The molecule has 1 unspecified atom stereocenters. The first-order valence-electron chi connectivity index (χ1n) is 11.7. The fraction of sp³-hybridized carbons (Fsp3) is 0.280. The second-order valence-electron chi connectivity index (χ2n) is 8.43. The van der Waals surface area contributed by atoms with Crippen LogP contribution in [0.4, 0.5) is 5.69 Å². The van der Waals surface area contributed by atoms with Crippen LogP contribution in [0.15, 0.2) is 60.0 Å². The van der Waals surface area contributed by atoms with Crippen LogP contribution in [0.5, 0.6) is 0 Å². The number of nitrogens with zero attached hydrogens (tertiary/aromatic N) is 3. The third-order valence-corrected chi connectivity index (χ3v) is 7.27. The van der Waals surface area contributed by atoms with E-state index in [1.54, 1.807) is 24.3 Å². The molecule has 12 heteroatoms. The SMILES string of the molecule is CCN1CCN(CC(=O)N[C@@H](Cc2ccc(NS(=O)O)cc2)c2csc(-c3ccccc3)n2)C(=O)C1=O. The highest BCUT2D eigenvalue weighted by Gasteiger charge is 2.33. The summed E-state index contributed by atoms with van der Waals surface area (Å²) in [6.45, 7) is 2.72. The van der Waals surface area contributed by atoms with Gasteiger partial charge >= 0.3 is 11.8 Å². The number of hydrogen-bond acceptors (Lipinski definition) is 6. The molecule has 0 radical (unpaired) electrons. The third kappa shape index (κ3) is 6.79. The molecule has 1 aromatic heterocycles. The highest BCUT2D eigenvalue weighted by molar-refractivity contribution is 7.80. The van der Waals surface area contributed by atoms with Gasteiger partial charge in [-0.25, -0.2) is 9.19 Å². The lowest BCUT2D eigenvalue weighted by molar-refractivity contribution is -0.156. The predicted octanol–water partition coefficient (Wildman–Crippen LogP) is 2.45. The summed E-state index contributed by atoms with van der Waals surface area (Å²) in [5, 5.41) is 5.70. The van der Waals surface area contributed by atoms with Crippen LogP contribution in [0.3, 0.4) is 0 Å². The maximum absolute atomic E-state index is 13.0. The molecule has 1 saturated heterocycles. The number of nitrogens with one attached hydrogen (secondary N) is 2. The summed E-state index contributed by atoms with van der Waals surface area (Å²) in [6, 6.07) is 16.2. The van der Waals surface area contributed by atoms with Gasteiger partial charge in [-0.3, -0.25) is 23.7 Å². The molecule has 194 valence electrons. The van der Waals surface area contributed by atoms with E-state index >= 15 is 0 Å². The zero-order valence-corrected chi connectivity index (χ0v) is 21.8. The third-order valence-electron chi connectivity index (χ3n) is 5.95. The van der Waals surface area contributed by atoms with Gasteiger partial charge in [0.1, 0.15) is 11.6 Å². The van der Waals surface area contributed by atoms with E-state index in [0.29, 0.717) is 37.4 Å². The molecule has 10 nitrogen and oxygen atoms in total. The molecule has 0 aliphatic carbocycles. The number of piperazine rings is 1. The minimum Gasteiger partial charge on any atom is -0.346 e. The molecule has 0 spiro atoms. The van der Waals surface area contributed by atoms with Gasteiger partial charge in [-0.1, -0.05) is 42.5 Å². The Bertz CT molecular complexity index is 1280. The Morgan fingerprint density at radius 3 is 2.43 bits per heavy atom. The van der Waals surface area contributed by atoms with Crippen molar-refractivity contribution < 1.29 is 23.1 Å². The Balaban J connectivity index is 1.51. The van der Waals surface area contributed by atoms with E-state index in [4.69, 9.17) is 9.54 Å². The number of carbonyl (C=O) groups excluding carboxylic acids is 3. The summed E-state index contributed by atoms with van der Waals surface area (Å²) >= 11 is -0.706. The van der Waals surface area contributed by atoms with Crippen LogP contribution >= 0.6 is 11.3 Å². The molecule has 3 amide bonds. The minimum absolute atomic E-state index is 0.223. The van der Waals surface area contributed by atoms with Crippen molar-refractivity contribution in [2.45, 2.75) is 19.4 Å². The topological polar surface area (TPSA) is 132 Å². The van der Waals surface area contributed by atoms with Gasteiger partial charge in [-0.15, -0.1) is 11.3 Å². The average molecular weight is 542 g/mol. The Kier molecular flexibility index (Phi) is 8.64. The zero-order valence-electron chi connectivity index (χ0n) is 20.1. The Morgan fingerprint density at radius 2 is 1.76 bits per heavy atom. The van der Waals surface area contributed by atoms with Crippen LogP contribution in [0.25, 0.3) is 10.6 Å². The first-order valence-corrected chi connectivity index (χ1v) is 13.7. The number of hydrogen-bond donors (Lipinski definition) is 3. The van der Waals surface area contributed by atoms with E-state index in [-0.39, 0.29) is 12.5 Å². The minimum atomic E-state index is -2.17. The van der Waals surface area contributed by atoms with E-state index in [1.807, 2.05) is 42.6 Å². The molecular formula is C25H27N5O5S2. The van der Waals surface area contributed by atoms with Crippen LogP contribution in [-0.2, 0) is 32.1 Å². The molecule has 1 aliphatic rings.